The topological polar surface area (TPSA) is 0 Å². The van der Waals surface area contributed by atoms with Crippen LogP contribution in [0.4, 0.5) is 0 Å². The van der Waals surface area contributed by atoms with E-state index in [2.05, 4.69) is 19.2 Å². The van der Waals surface area contributed by atoms with Crippen molar-refractivity contribution in [3.05, 3.63) is 24.8 Å². The van der Waals surface area contributed by atoms with Crippen LogP contribution in [0.2, 0.25) is 0 Å². The number of rotatable bonds is 1. The first-order valence-electron chi connectivity index (χ1n) is 4.64. The van der Waals surface area contributed by atoms with Gasteiger partial charge in [0.15, 0.2) is 0 Å². The smallest absolute Gasteiger partial charge is 0.000242 e. The zero-order valence-electron chi connectivity index (χ0n) is 7.05. The highest BCUT2D eigenvalue weighted by molar-refractivity contribution is 5.19. The molecule has 0 heterocycles. The molecule has 3 aliphatic rings. The van der Waals surface area contributed by atoms with Crippen LogP contribution in [0, 0.1) is 17.8 Å². The van der Waals surface area contributed by atoms with Gasteiger partial charge >= 0.3 is 0 Å². The van der Waals surface area contributed by atoms with Crippen molar-refractivity contribution in [1.29, 1.82) is 0 Å². The normalized spacial score (nSPS) is 42.5. The first-order valence-corrected chi connectivity index (χ1v) is 4.64. The van der Waals surface area contributed by atoms with Gasteiger partial charge < -0.3 is 0 Å². The lowest BCUT2D eigenvalue weighted by molar-refractivity contribution is 0.197. The van der Waals surface area contributed by atoms with E-state index in [1.165, 1.54) is 31.3 Å². The summed E-state index contributed by atoms with van der Waals surface area (Å²) in [6, 6.07) is 0. The molecule has 60 valence electrons. The SMILES string of the molecule is C=CC1C(=C)C2CCC1CC2. The molecule has 0 aromatic carbocycles. The van der Waals surface area contributed by atoms with Gasteiger partial charge in [-0.1, -0.05) is 18.2 Å². The number of hydrogen-bond acceptors (Lipinski definition) is 0. The van der Waals surface area contributed by atoms with Gasteiger partial charge in [0, 0.05) is 5.92 Å². The highest BCUT2D eigenvalue weighted by Crippen LogP contribution is 2.47. The van der Waals surface area contributed by atoms with Crippen molar-refractivity contribution >= 4 is 0 Å². The molecule has 3 aliphatic carbocycles. The van der Waals surface area contributed by atoms with Crippen LogP contribution < -0.4 is 0 Å². The van der Waals surface area contributed by atoms with Crippen molar-refractivity contribution in [1.82, 2.24) is 0 Å². The lowest BCUT2D eigenvalue weighted by Gasteiger charge is -2.43. The summed E-state index contributed by atoms with van der Waals surface area (Å²) in [5.74, 6) is 2.38. The van der Waals surface area contributed by atoms with E-state index in [4.69, 9.17) is 0 Å². The monoisotopic (exact) mass is 148 g/mol. The molecule has 11 heavy (non-hydrogen) atoms. The van der Waals surface area contributed by atoms with Gasteiger partial charge in [-0.25, -0.2) is 0 Å². The second kappa shape index (κ2) is 2.51. The Hall–Kier alpha value is -0.520. The Morgan fingerprint density at radius 2 is 1.82 bits per heavy atom. The standard InChI is InChI=1S/C11H16/c1-3-11-8(2)9-4-6-10(11)7-5-9/h3,9-11H,1-2,4-7H2. The van der Waals surface area contributed by atoms with Gasteiger partial charge in [-0.2, -0.15) is 0 Å². The Balaban J connectivity index is 2.22. The van der Waals surface area contributed by atoms with Crippen molar-refractivity contribution in [3.8, 4) is 0 Å². The van der Waals surface area contributed by atoms with Crippen LogP contribution >= 0.6 is 0 Å². The minimum absolute atomic E-state index is 0.655. The molecule has 0 amide bonds. The summed E-state index contributed by atoms with van der Waals surface area (Å²) >= 11 is 0. The summed E-state index contributed by atoms with van der Waals surface area (Å²) in [5.41, 5.74) is 1.47. The van der Waals surface area contributed by atoms with Crippen molar-refractivity contribution in [2.45, 2.75) is 25.7 Å². The molecular weight excluding hydrogens is 132 g/mol. The fraction of sp³-hybridized carbons (Fsp3) is 0.636. The molecule has 0 aliphatic heterocycles. The van der Waals surface area contributed by atoms with E-state index in [9.17, 15) is 0 Å². The van der Waals surface area contributed by atoms with Crippen molar-refractivity contribution < 1.29 is 0 Å². The Morgan fingerprint density at radius 1 is 1.18 bits per heavy atom. The van der Waals surface area contributed by atoms with Crippen LogP contribution in [0.5, 0.6) is 0 Å². The summed E-state index contributed by atoms with van der Waals surface area (Å²) in [6.45, 7) is 8.07. The molecule has 0 aromatic rings. The third-order valence-corrected chi connectivity index (χ3v) is 3.49. The molecule has 0 aromatic heterocycles. The van der Waals surface area contributed by atoms with Crippen LogP contribution in [-0.2, 0) is 0 Å². The van der Waals surface area contributed by atoms with E-state index >= 15 is 0 Å². The second-order valence-electron chi connectivity index (χ2n) is 3.95. The van der Waals surface area contributed by atoms with Gasteiger partial charge in [0.2, 0.25) is 0 Å². The van der Waals surface area contributed by atoms with Gasteiger partial charge in [0.1, 0.15) is 0 Å². The predicted molar refractivity (Wildman–Crippen MR) is 48.3 cm³/mol. The summed E-state index contributed by atoms with van der Waals surface area (Å²) < 4.78 is 0. The number of hydrogen-bond donors (Lipinski definition) is 0. The quantitative estimate of drug-likeness (QED) is 0.501. The molecule has 1 unspecified atom stereocenters. The maximum Gasteiger partial charge on any atom is 0.000242 e. The van der Waals surface area contributed by atoms with Crippen LogP contribution in [0.3, 0.4) is 0 Å². The summed E-state index contributed by atoms with van der Waals surface area (Å²) in [7, 11) is 0. The number of fused-ring (bicyclic) bond motifs is 3. The maximum absolute atomic E-state index is 4.18. The van der Waals surface area contributed by atoms with Crippen LogP contribution in [0.15, 0.2) is 24.8 Å². The van der Waals surface area contributed by atoms with E-state index in [0.29, 0.717) is 5.92 Å². The van der Waals surface area contributed by atoms with Crippen molar-refractivity contribution in [2.24, 2.45) is 17.8 Å². The molecule has 1 atom stereocenters. The molecule has 3 saturated carbocycles. The summed E-state index contributed by atoms with van der Waals surface area (Å²) in [6.07, 6.45) is 7.74. The highest BCUT2D eigenvalue weighted by Gasteiger charge is 2.36. The van der Waals surface area contributed by atoms with Crippen LogP contribution in [0.1, 0.15) is 25.7 Å². The molecule has 0 saturated heterocycles. The molecule has 0 heteroatoms. The third-order valence-electron chi connectivity index (χ3n) is 3.49. The second-order valence-corrected chi connectivity index (χ2v) is 3.95. The molecular formula is C11H16. The lowest BCUT2D eigenvalue weighted by atomic mass is 9.62. The average Bonchev–Trinajstić information content (AvgIpc) is 2.06. The summed E-state index contributed by atoms with van der Waals surface area (Å²) in [5, 5.41) is 0. The minimum Gasteiger partial charge on any atom is -0.102 e. The van der Waals surface area contributed by atoms with Crippen molar-refractivity contribution in [2.75, 3.05) is 0 Å². The number of allylic oxidation sites excluding steroid dienone is 2. The highest BCUT2D eigenvalue weighted by atomic mass is 14.4. The average molecular weight is 148 g/mol. The fourth-order valence-corrected chi connectivity index (χ4v) is 2.77. The molecule has 3 fully saturated rings. The van der Waals surface area contributed by atoms with E-state index < -0.39 is 0 Å². The Morgan fingerprint density at radius 3 is 2.18 bits per heavy atom. The molecule has 0 radical (unpaired) electrons. The van der Waals surface area contributed by atoms with E-state index in [1.54, 1.807) is 0 Å². The Kier molecular flexibility index (Phi) is 1.63. The van der Waals surface area contributed by atoms with Gasteiger partial charge in [-0.05, 0) is 37.5 Å². The van der Waals surface area contributed by atoms with Gasteiger partial charge in [-0.15, -0.1) is 6.58 Å². The maximum atomic E-state index is 4.18. The third kappa shape index (κ3) is 0.962. The summed E-state index contributed by atoms with van der Waals surface area (Å²) in [4.78, 5) is 0. The van der Waals surface area contributed by atoms with E-state index in [0.717, 1.165) is 11.8 Å². The molecule has 0 nitrogen and oxygen atoms in total. The fourth-order valence-electron chi connectivity index (χ4n) is 2.77. The minimum atomic E-state index is 0.655. The van der Waals surface area contributed by atoms with Crippen molar-refractivity contribution in [3.63, 3.8) is 0 Å². The van der Waals surface area contributed by atoms with E-state index in [1.807, 2.05) is 0 Å². The Labute approximate surface area is 69.0 Å². The molecule has 0 spiro atoms. The molecule has 2 bridgehead atoms. The zero-order chi connectivity index (χ0) is 7.84. The predicted octanol–water partition coefficient (Wildman–Crippen LogP) is 3.16. The van der Waals surface area contributed by atoms with E-state index in [-0.39, 0.29) is 0 Å². The largest absolute Gasteiger partial charge is 0.102 e. The van der Waals surface area contributed by atoms with Gasteiger partial charge in [0.05, 0.1) is 0 Å². The Bertz CT molecular complexity index is 182. The molecule has 3 rings (SSSR count). The van der Waals surface area contributed by atoms with Crippen LogP contribution in [-0.4, -0.2) is 0 Å². The first-order chi connectivity index (χ1) is 5.33. The van der Waals surface area contributed by atoms with Crippen LogP contribution in [0.25, 0.3) is 0 Å². The molecule has 0 N–H and O–H groups in total. The first kappa shape index (κ1) is 7.15. The zero-order valence-corrected chi connectivity index (χ0v) is 7.05. The van der Waals surface area contributed by atoms with Gasteiger partial charge in [0.25, 0.3) is 0 Å². The van der Waals surface area contributed by atoms with Gasteiger partial charge in [-0.3, -0.25) is 0 Å². The lowest BCUT2D eigenvalue weighted by Crippen LogP contribution is -2.31.